The summed E-state index contributed by atoms with van der Waals surface area (Å²) in [6.07, 6.45) is 3.35. The normalized spacial score (nSPS) is 34.0. The van der Waals surface area contributed by atoms with Crippen molar-refractivity contribution in [3.63, 3.8) is 0 Å². The van der Waals surface area contributed by atoms with Gasteiger partial charge in [0.05, 0.1) is 0 Å². The first kappa shape index (κ1) is 13.0. The van der Waals surface area contributed by atoms with Crippen LogP contribution < -0.4 is 0 Å². The van der Waals surface area contributed by atoms with Crippen molar-refractivity contribution in [3.8, 4) is 0 Å². The Labute approximate surface area is 94.7 Å². The van der Waals surface area contributed by atoms with E-state index >= 15 is 0 Å². The Hall–Kier alpha value is -0.0800. The largest absolute Gasteiger partial charge is 0.378 e. The van der Waals surface area contributed by atoms with Crippen LogP contribution in [0.1, 0.15) is 53.9 Å². The molecule has 0 aromatic rings. The first-order valence-electron chi connectivity index (χ1n) is 6.44. The summed E-state index contributed by atoms with van der Waals surface area (Å²) in [7, 11) is 0. The van der Waals surface area contributed by atoms with Crippen LogP contribution in [-0.4, -0.2) is 28.3 Å². The summed E-state index contributed by atoms with van der Waals surface area (Å²) in [5.74, 6) is 0.970. The van der Waals surface area contributed by atoms with Crippen molar-refractivity contribution in [1.82, 2.24) is 4.90 Å². The molecule has 0 bridgehead atoms. The third-order valence-electron chi connectivity index (χ3n) is 4.34. The Morgan fingerprint density at radius 1 is 1.20 bits per heavy atom. The first-order valence-corrected chi connectivity index (χ1v) is 6.44. The van der Waals surface area contributed by atoms with E-state index in [1.165, 1.54) is 12.8 Å². The lowest BCUT2D eigenvalue weighted by atomic mass is 9.91. The van der Waals surface area contributed by atoms with Crippen molar-refractivity contribution in [2.75, 3.05) is 0 Å². The molecule has 5 atom stereocenters. The zero-order valence-corrected chi connectivity index (χ0v) is 10.9. The number of hydrogen-bond acceptors (Lipinski definition) is 2. The highest BCUT2D eigenvalue weighted by Gasteiger charge is 2.35. The third-order valence-corrected chi connectivity index (χ3v) is 4.34. The molecule has 0 amide bonds. The van der Waals surface area contributed by atoms with Crippen molar-refractivity contribution in [3.05, 3.63) is 0 Å². The summed E-state index contributed by atoms with van der Waals surface area (Å²) in [5.41, 5.74) is 0. The Kier molecular flexibility index (Phi) is 4.60. The fourth-order valence-corrected chi connectivity index (χ4v) is 2.67. The molecule has 0 aromatic carbocycles. The lowest BCUT2D eigenvalue weighted by Gasteiger charge is -2.37. The van der Waals surface area contributed by atoms with Gasteiger partial charge in [-0.1, -0.05) is 27.2 Å². The predicted molar refractivity (Wildman–Crippen MR) is 64.6 cm³/mol. The molecule has 1 saturated heterocycles. The molecule has 1 aliphatic rings. The van der Waals surface area contributed by atoms with Crippen LogP contribution >= 0.6 is 0 Å². The smallest absolute Gasteiger partial charge is 0.110 e. The van der Waals surface area contributed by atoms with Gasteiger partial charge in [0, 0.05) is 12.1 Å². The zero-order chi connectivity index (χ0) is 11.6. The van der Waals surface area contributed by atoms with Gasteiger partial charge in [-0.05, 0) is 38.5 Å². The lowest BCUT2D eigenvalue weighted by Crippen LogP contribution is -2.46. The standard InChI is InChI=1S/C13H27NO/c1-6-9(2)12(5)13(15)14-10(3)7-8-11(14)4/h9-13,15H,6-8H2,1-5H3/t9?,10-,11?,12?,13?/m1/s1. The summed E-state index contributed by atoms with van der Waals surface area (Å²) in [5, 5.41) is 10.4. The van der Waals surface area contributed by atoms with E-state index in [0.717, 1.165) is 6.42 Å². The molecule has 0 aliphatic carbocycles. The first-order chi connectivity index (χ1) is 6.99. The number of aliphatic hydroxyl groups excluding tert-OH is 1. The van der Waals surface area contributed by atoms with Crippen LogP contribution in [0.2, 0.25) is 0 Å². The molecule has 0 aromatic heterocycles. The van der Waals surface area contributed by atoms with Gasteiger partial charge in [0.15, 0.2) is 0 Å². The van der Waals surface area contributed by atoms with Gasteiger partial charge >= 0.3 is 0 Å². The molecular formula is C13H27NO. The van der Waals surface area contributed by atoms with Gasteiger partial charge in [0.2, 0.25) is 0 Å². The second-order valence-electron chi connectivity index (χ2n) is 5.38. The number of hydrogen-bond donors (Lipinski definition) is 1. The predicted octanol–water partition coefficient (Wildman–Crippen LogP) is 2.86. The minimum absolute atomic E-state index is 0.257. The molecule has 4 unspecified atom stereocenters. The average molecular weight is 213 g/mol. The minimum atomic E-state index is -0.257. The van der Waals surface area contributed by atoms with Gasteiger partial charge in [-0.3, -0.25) is 4.90 Å². The van der Waals surface area contributed by atoms with E-state index in [0.29, 0.717) is 23.9 Å². The molecule has 1 N–H and O–H groups in total. The van der Waals surface area contributed by atoms with Gasteiger partial charge < -0.3 is 5.11 Å². The van der Waals surface area contributed by atoms with E-state index in [9.17, 15) is 5.11 Å². The van der Waals surface area contributed by atoms with Crippen molar-refractivity contribution >= 4 is 0 Å². The molecule has 1 aliphatic heterocycles. The second-order valence-corrected chi connectivity index (χ2v) is 5.38. The van der Waals surface area contributed by atoms with Crippen LogP contribution in [0.3, 0.4) is 0 Å². The molecule has 0 radical (unpaired) electrons. The summed E-state index contributed by atoms with van der Waals surface area (Å²) in [4.78, 5) is 2.30. The average Bonchev–Trinajstić information content (AvgIpc) is 2.55. The molecule has 1 rings (SSSR count). The van der Waals surface area contributed by atoms with E-state index in [1.807, 2.05) is 0 Å². The van der Waals surface area contributed by atoms with E-state index < -0.39 is 0 Å². The minimum Gasteiger partial charge on any atom is -0.378 e. The lowest BCUT2D eigenvalue weighted by molar-refractivity contribution is -0.0708. The van der Waals surface area contributed by atoms with Crippen LogP contribution in [0.15, 0.2) is 0 Å². The summed E-state index contributed by atoms with van der Waals surface area (Å²) in [6, 6.07) is 1.09. The number of aliphatic hydroxyl groups is 1. The van der Waals surface area contributed by atoms with Crippen LogP contribution in [0.25, 0.3) is 0 Å². The van der Waals surface area contributed by atoms with Crippen LogP contribution in [0.5, 0.6) is 0 Å². The molecule has 2 heteroatoms. The molecule has 15 heavy (non-hydrogen) atoms. The fraction of sp³-hybridized carbons (Fsp3) is 1.00. The monoisotopic (exact) mass is 213 g/mol. The van der Waals surface area contributed by atoms with Crippen LogP contribution in [0.4, 0.5) is 0 Å². The van der Waals surface area contributed by atoms with Crippen LogP contribution in [0, 0.1) is 11.8 Å². The SMILES string of the molecule is CCC(C)C(C)C(O)N1C(C)CC[C@H]1C. The Bertz CT molecular complexity index is 185. The van der Waals surface area contributed by atoms with Gasteiger partial charge in [-0.15, -0.1) is 0 Å². The quantitative estimate of drug-likeness (QED) is 0.776. The highest BCUT2D eigenvalue weighted by atomic mass is 16.3. The molecule has 1 heterocycles. The van der Waals surface area contributed by atoms with E-state index in [4.69, 9.17) is 0 Å². The Balaban J connectivity index is 2.62. The topological polar surface area (TPSA) is 23.5 Å². The third kappa shape index (κ3) is 2.73. The number of likely N-dealkylation sites (tertiary alicyclic amines) is 1. The van der Waals surface area contributed by atoms with Crippen molar-refractivity contribution < 1.29 is 5.11 Å². The maximum Gasteiger partial charge on any atom is 0.110 e. The fourth-order valence-electron chi connectivity index (χ4n) is 2.67. The van der Waals surface area contributed by atoms with Crippen LogP contribution in [-0.2, 0) is 0 Å². The van der Waals surface area contributed by atoms with Crippen molar-refractivity contribution in [2.45, 2.75) is 72.2 Å². The molecular weight excluding hydrogens is 186 g/mol. The van der Waals surface area contributed by atoms with Gasteiger partial charge in [-0.25, -0.2) is 0 Å². The molecule has 90 valence electrons. The van der Waals surface area contributed by atoms with E-state index in [1.54, 1.807) is 0 Å². The van der Waals surface area contributed by atoms with Gasteiger partial charge in [0.1, 0.15) is 6.23 Å². The van der Waals surface area contributed by atoms with Gasteiger partial charge in [0.25, 0.3) is 0 Å². The summed E-state index contributed by atoms with van der Waals surface area (Å²) in [6.45, 7) is 11.1. The summed E-state index contributed by atoms with van der Waals surface area (Å²) >= 11 is 0. The second kappa shape index (κ2) is 5.31. The molecule has 2 nitrogen and oxygen atoms in total. The highest BCUT2D eigenvalue weighted by Crippen LogP contribution is 2.30. The van der Waals surface area contributed by atoms with E-state index in [-0.39, 0.29) is 6.23 Å². The van der Waals surface area contributed by atoms with Gasteiger partial charge in [-0.2, -0.15) is 0 Å². The van der Waals surface area contributed by atoms with E-state index in [2.05, 4.69) is 39.5 Å². The molecule has 0 spiro atoms. The highest BCUT2D eigenvalue weighted by molar-refractivity contribution is 4.86. The Morgan fingerprint density at radius 2 is 1.67 bits per heavy atom. The number of rotatable bonds is 4. The van der Waals surface area contributed by atoms with Crippen molar-refractivity contribution in [2.24, 2.45) is 11.8 Å². The zero-order valence-electron chi connectivity index (χ0n) is 10.9. The molecule has 1 fully saturated rings. The number of nitrogens with zero attached hydrogens (tertiary/aromatic N) is 1. The Morgan fingerprint density at radius 3 is 2.07 bits per heavy atom. The van der Waals surface area contributed by atoms with Crippen molar-refractivity contribution in [1.29, 1.82) is 0 Å². The molecule has 0 saturated carbocycles. The maximum atomic E-state index is 10.4. The maximum absolute atomic E-state index is 10.4. The summed E-state index contributed by atoms with van der Waals surface area (Å²) < 4.78 is 0.